The van der Waals surface area contributed by atoms with Gasteiger partial charge in [0.1, 0.15) is 5.75 Å². The van der Waals surface area contributed by atoms with Crippen LogP contribution in [-0.4, -0.2) is 31.0 Å². The highest BCUT2D eigenvalue weighted by molar-refractivity contribution is 5.97. The topological polar surface area (TPSA) is 53.3 Å². The Morgan fingerprint density at radius 2 is 1.71 bits per heavy atom. The number of amides is 1. The Hall–Kier alpha value is -2.80. The number of hydrogen-bond donors (Lipinski definition) is 0. The van der Waals surface area contributed by atoms with Crippen LogP contribution >= 0.6 is 0 Å². The van der Waals surface area contributed by atoms with Crippen molar-refractivity contribution in [1.29, 1.82) is 5.26 Å². The van der Waals surface area contributed by atoms with Crippen molar-refractivity contribution in [2.24, 2.45) is 0 Å². The van der Waals surface area contributed by atoms with Gasteiger partial charge < -0.3 is 9.64 Å². The van der Waals surface area contributed by atoms with Crippen molar-refractivity contribution >= 4 is 5.91 Å². The predicted octanol–water partition coefficient (Wildman–Crippen LogP) is 3.39. The van der Waals surface area contributed by atoms with Crippen LogP contribution in [0, 0.1) is 11.3 Å². The number of carbonyl (C=O) groups is 1. The lowest BCUT2D eigenvalue weighted by Gasteiger charge is -2.37. The molecule has 0 atom stereocenters. The van der Waals surface area contributed by atoms with Gasteiger partial charge in [-0.2, -0.15) is 5.26 Å². The summed E-state index contributed by atoms with van der Waals surface area (Å²) in [6.45, 7) is 1.14. The van der Waals surface area contributed by atoms with Crippen LogP contribution in [0.1, 0.15) is 28.8 Å². The SMILES string of the molecule is COc1ccccc1C(=O)N1CCC(C#N)(c2ccccc2)CC1. The minimum atomic E-state index is -0.501. The molecule has 0 spiro atoms. The largest absolute Gasteiger partial charge is 0.496 e. The van der Waals surface area contributed by atoms with Crippen molar-refractivity contribution in [2.45, 2.75) is 18.3 Å². The number of rotatable bonds is 3. The van der Waals surface area contributed by atoms with E-state index in [2.05, 4.69) is 6.07 Å². The summed E-state index contributed by atoms with van der Waals surface area (Å²) in [6.07, 6.45) is 1.29. The third kappa shape index (κ3) is 2.85. The van der Waals surface area contributed by atoms with Crippen LogP contribution in [0.25, 0.3) is 0 Å². The molecule has 0 aliphatic carbocycles. The Morgan fingerprint density at radius 3 is 2.33 bits per heavy atom. The average molecular weight is 320 g/mol. The van der Waals surface area contributed by atoms with Crippen LogP contribution < -0.4 is 4.74 Å². The molecule has 1 saturated heterocycles. The van der Waals surface area contributed by atoms with E-state index in [4.69, 9.17) is 4.74 Å². The van der Waals surface area contributed by atoms with E-state index < -0.39 is 5.41 Å². The summed E-state index contributed by atoms with van der Waals surface area (Å²) in [7, 11) is 1.57. The Labute approximate surface area is 142 Å². The van der Waals surface area contributed by atoms with Crippen molar-refractivity contribution < 1.29 is 9.53 Å². The molecule has 0 radical (unpaired) electrons. The second-order valence-corrected chi connectivity index (χ2v) is 6.05. The Kier molecular flexibility index (Phi) is 4.52. The van der Waals surface area contributed by atoms with Gasteiger partial charge in [0, 0.05) is 13.1 Å². The maximum Gasteiger partial charge on any atom is 0.257 e. The van der Waals surface area contributed by atoms with Gasteiger partial charge in [-0.05, 0) is 30.5 Å². The molecule has 2 aromatic carbocycles. The Balaban J connectivity index is 1.77. The second-order valence-electron chi connectivity index (χ2n) is 6.05. The molecular formula is C20H20N2O2. The van der Waals surface area contributed by atoms with Gasteiger partial charge in [0.15, 0.2) is 0 Å². The highest BCUT2D eigenvalue weighted by Gasteiger charge is 2.38. The smallest absolute Gasteiger partial charge is 0.257 e. The summed E-state index contributed by atoms with van der Waals surface area (Å²) >= 11 is 0. The number of carbonyl (C=O) groups excluding carboxylic acids is 1. The molecule has 4 heteroatoms. The average Bonchev–Trinajstić information content (AvgIpc) is 2.68. The maximum atomic E-state index is 12.8. The first kappa shape index (κ1) is 16.1. The molecule has 0 N–H and O–H groups in total. The van der Waals surface area contributed by atoms with Gasteiger partial charge in [0.2, 0.25) is 0 Å². The molecule has 122 valence electrons. The zero-order valence-electron chi connectivity index (χ0n) is 13.7. The second kappa shape index (κ2) is 6.76. The van der Waals surface area contributed by atoms with E-state index in [1.807, 2.05) is 47.4 Å². The number of methoxy groups -OCH3 is 1. The fourth-order valence-electron chi connectivity index (χ4n) is 3.31. The monoisotopic (exact) mass is 320 g/mol. The van der Waals surface area contributed by atoms with Gasteiger partial charge in [-0.25, -0.2) is 0 Å². The number of nitrogens with zero attached hydrogens (tertiary/aromatic N) is 2. The zero-order chi connectivity index (χ0) is 17.0. The van der Waals surface area contributed by atoms with E-state index in [0.717, 1.165) is 5.56 Å². The summed E-state index contributed by atoms with van der Waals surface area (Å²) in [5.41, 5.74) is 1.11. The van der Waals surface area contributed by atoms with Crippen molar-refractivity contribution in [1.82, 2.24) is 4.90 Å². The normalized spacial score (nSPS) is 16.2. The highest BCUT2D eigenvalue weighted by Crippen LogP contribution is 2.35. The maximum absolute atomic E-state index is 12.8. The zero-order valence-corrected chi connectivity index (χ0v) is 13.7. The van der Waals surface area contributed by atoms with Gasteiger partial charge in [-0.3, -0.25) is 4.79 Å². The molecule has 24 heavy (non-hydrogen) atoms. The van der Waals surface area contributed by atoms with Crippen molar-refractivity contribution in [2.75, 3.05) is 20.2 Å². The van der Waals surface area contributed by atoms with E-state index in [1.165, 1.54) is 0 Å². The van der Waals surface area contributed by atoms with Crippen LogP contribution in [0.4, 0.5) is 0 Å². The molecule has 1 fully saturated rings. The van der Waals surface area contributed by atoms with E-state index in [-0.39, 0.29) is 5.91 Å². The molecule has 1 aliphatic rings. The predicted molar refractivity (Wildman–Crippen MR) is 91.9 cm³/mol. The molecule has 0 saturated carbocycles. The van der Waals surface area contributed by atoms with Crippen molar-refractivity contribution in [3.05, 3.63) is 65.7 Å². The quantitative estimate of drug-likeness (QED) is 0.871. The lowest BCUT2D eigenvalue weighted by Crippen LogP contribution is -2.44. The van der Waals surface area contributed by atoms with Crippen LogP contribution in [-0.2, 0) is 5.41 Å². The molecule has 4 nitrogen and oxygen atoms in total. The van der Waals surface area contributed by atoms with Crippen molar-refractivity contribution in [3.8, 4) is 11.8 Å². The number of piperidine rings is 1. The molecule has 1 heterocycles. The summed E-state index contributed by atoms with van der Waals surface area (Å²) in [6, 6.07) is 19.6. The van der Waals surface area contributed by atoms with Crippen LogP contribution in [0.15, 0.2) is 54.6 Å². The van der Waals surface area contributed by atoms with E-state index >= 15 is 0 Å². The first-order valence-corrected chi connectivity index (χ1v) is 8.09. The molecule has 0 unspecified atom stereocenters. The first-order chi connectivity index (χ1) is 11.7. The van der Waals surface area contributed by atoms with E-state index in [1.54, 1.807) is 19.2 Å². The molecule has 0 bridgehead atoms. The van der Waals surface area contributed by atoms with Crippen LogP contribution in [0.2, 0.25) is 0 Å². The highest BCUT2D eigenvalue weighted by atomic mass is 16.5. The molecule has 0 aromatic heterocycles. The fraction of sp³-hybridized carbons (Fsp3) is 0.300. The third-order valence-corrected chi connectivity index (χ3v) is 4.78. The molecule has 3 rings (SSSR count). The van der Waals surface area contributed by atoms with Gasteiger partial charge in [0.05, 0.1) is 24.2 Å². The molecule has 1 amide bonds. The van der Waals surface area contributed by atoms with Gasteiger partial charge in [0.25, 0.3) is 5.91 Å². The minimum absolute atomic E-state index is 0.0351. The summed E-state index contributed by atoms with van der Waals surface area (Å²) in [5, 5.41) is 9.75. The summed E-state index contributed by atoms with van der Waals surface area (Å²) in [5.74, 6) is 0.551. The Bertz CT molecular complexity index is 757. The number of nitriles is 1. The number of ether oxygens (including phenoxy) is 1. The molecule has 1 aliphatic heterocycles. The number of likely N-dealkylation sites (tertiary alicyclic amines) is 1. The summed E-state index contributed by atoms with van der Waals surface area (Å²) in [4.78, 5) is 14.6. The fourth-order valence-corrected chi connectivity index (χ4v) is 3.31. The minimum Gasteiger partial charge on any atom is -0.496 e. The number of benzene rings is 2. The first-order valence-electron chi connectivity index (χ1n) is 8.09. The number of para-hydroxylation sites is 1. The lowest BCUT2D eigenvalue weighted by molar-refractivity contribution is 0.0688. The van der Waals surface area contributed by atoms with Gasteiger partial charge in [-0.1, -0.05) is 42.5 Å². The van der Waals surface area contributed by atoms with Crippen LogP contribution in [0.5, 0.6) is 5.75 Å². The van der Waals surface area contributed by atoms with E-state index in [9.17, 15) is 10.1 Å². The van der Waals surface area contributed by atoms with Crippen LogP contribution in [0.3, 0.4) is 0 Å². The Morgan fingerprint density at radius 1 is 1.08 bits per heavy atom. The summed E-state index contributed by atoms with van der Waals surface area (Å²) < 4.78 is 5.29. The van der Waals surface area contributed by atoms with Crippen molar-refractivity contribution in [3.63, 3.8) is 0 Å². The van der Waals surface area contributed by atoms with Gasteiger partial charge >= 0.3 is 0 Å². The van der Waals surface area contributed by atoms with Gasteiger partial charge in [-0.15, -0.1) is 0 Å². The lowest BCUT2D eigenvalue weighted by atomic mass is 9.74. The third-order valence-electron chi connectivity index (χ3n) is 4.78. The standard InChI is InChI=1S/C20H20N2O2/c1-24-18-10-6-5-9-17(18)19(23)22-13-11-20(15-21,12-14-22)16-7-3-2-4-8-16/h2-10H,11-14H2,1H3. The molecule has 2 aromatic rings. The number of hydrogen-bond acceptors (Lipinski definition) is 3. The molecular weight excluding hydrogens is 300 g/mol. The van der Waals surface area contributed by atoms with E-state index in [0.29, 0.717) is 37.2 Å².